The molecule has 6 nitrogen and oxygen atoms in total. The van der Waals surface area contributed by atoms with E-state index < -0.39 is 0 Å². The van der Waals surface area contributed by atoms with Crippen LogP contribution in [0.1, 0.15) is 36.3 Å². The fourth-order valence-corrected chi connectivity index (χ4v) is 2.63. The second kappa shape index (κ2) is 5.38. The van der Waals surface area contributed by atoms with E-state index in [0.717, 1.165) is 12.1 Å². The van der Waals surface area contributed by atoms with Crippen LogP contribution in [-0.2, 0) is 4.74 Å². The van der Waals surface area contributed by atoms with Crippen molar-refractivity contribution >= 4 is 11.6 Å². The number of carbonyl (C=O) groups is 1. The summed E-state index contributed by atoms with van der Waals surface area (Å²) in [5.41, 5.74) is 4.31. The normalized spacial score (nSPS) is 23.9. The van der Waals surface area contributed by atoms with Crippen molar-refractivity contribution in [1.29, 1.82) is 0 Å². The number of nitrogens with one attached hydrogen (secondary N) is 2. The Morgan fingerprint density at radius 3 is 2.80 bits per heavy atom. The Labute approximate surface area is 119 Å². The summed E-state index contributed by atoms with van der Waals surface area (Å²) in [6.45, 7) is 6.02. The Hall–Kier alpha value is -1.66. The topological polar surface area (TPSA) is 89.3 Å². The number of amides is 1. The molecule has 1 aromatic rings. The molecule has 1 amide bonds. The lowest BCUT2D eigenvalue weighted by Gasteiger charge is -2.51. The molecule has 0 spiro atoms. The van der Waals surface area contributed by atoms with E-state index in [9.17, 15) is 4.79 Å². The second-order valence-electron chi connectivity index (χ2n) is 5.82. The number of pyridine rings is 1. The molecule has 2 atom stereocenters. The Bertz CT molecular complexity index is 516. The van der Waals surface area contributed by atoms with Gasteiger partial charge in [0.25, 0.3) is 5.91 Å². The van der Waals surface area contributed by atoms with E-state index in [1.165, 1.54) is 0 Å². The first-order valence-corrected chi connectivity index (χ1v) is 6.67. The highest BCUT2D eigenvalue weighted by atomic mass is 16.5. The molecule has 6 heteroatoms. The van der Waals surface area contributed by atoms with Crippen LogP contribution in [0.4, 0.5) is 5.69 Å². The lowest BCUT2D eigenvalue weighted by atomic mass is 9.64. The van der Waals surface area contributed by atoms with E-state index >= 15 is 0 Å². The minimum Gasteiger partial charge on any atom is -0.381 e. The summed E-state index contributed by atoms with van der Waals surface area (Å²) in [6, 6.07) is 1.84. The van der Waals surface area contributed by atoms with Crippen molar-refractivity contribution in [3.05, 3.63) is 23.5 Å². The largest absolute Gasteiger partial charge is 0.381 e. The summed E-state index contributed by atoms with van der Waals surface area (Å²) in [5.74, 6) is 5.29. The zero-order chi connectivity index (χ0) is 14.9. The van der Waals surface area contributed by atoms with Crippen LogP contribution in [-0.4, -0.2) is 30.1 Å². The molecule has 0 radical (unpaired) electrons. The van der Waals surface area contributed by atoms with Gasteiger partial charge in [0.15, 0.2) is 0 Å². The maximum atomic E-state index is 12.3. The van der Waals surface area contributed by atoms with Crippen LogP contribution >= 0.6 is 0 Å². The number of hydrogen-bond donors (Lipinski definition) is 3. The summed E-state index contributed by atoms with van der Waals surface area (Å²) < 4.78 is 5.38. The van der Waals surface area contributed by atoms with Gasteiger partial charge in [0, 0.05) is 30.5 Å². The third-order valence-corrected chi connectivity index (χ3v) is 4.21. The van der Waals surface area contributed by atoms with Gasteiger partial charge in [-0.05, 0) is 19.4 Å². The number of aromatic nitrogens is 1. The number of nitrogen functional groups attached to an aromatic ring is 1. The molecule has 0 aromatic carbocycles. The number of carbonyl (C=O) groups excluding carboxylic acids is 1. The van der Waals surface area contributed by atoms with Crippen molar-refractivity contribution in [3.63, 3.8) is 0 Å². The van der Waals surface area contributed by atoms with Crippen LogP contribution < -0.4 is 16.6 Å². The van der Waals surface area contributed by atoms with Gasteiger partial charge in [0.1, 0.15) is 0 Å². The molecule has 2 rings (SSSR count). The second-order valence-corrected chi connectivity index (χ2v) is 5.82. The van der Waals surface area contributed by atoms with E-state index in [0.29, 0.717) is 11.3 Å². The molecule has 1 aliphatic carbocycles. The molecule has 1 saturated carbocycles. The highest BCUT2D eigenvalue weighted by Crippen LogP contribution is 2.42. The molecule has 2 unspecified atom stereocenters. The van der Waals surface area contributed by atoms with Crippen molar-refractivity contribution in [2.24, 2.45) is 11.3 Å². The van der Waals surface area contributed by atoms with E-state index in [2.05, 4.69) is 29.6 Å². The minimum atomic E-state index is -0.168. The average molecular weight is 278 g/mol. The smallest absolute Gasteiger partial charge is 0.255 e. The molecule has 110 valence electrons. The number of aryl methyl sites for hydroxylation is 1. The maximum Gasteiger partial charge on any atom is 0.255 e. The van der Waals surface area contributed by atoms with Crippen LogP contribution in [0.3, 0.4) is 0 Å². The predicted octanol–water partition coefficient (Wildman–Crippen LogP) is 1.22. The number of rotatable bonds is 4. The molecule has 0 saturated heterocycles. The van der Waals surface area contributed by atoms with Gasteiger partial charge in [-0.1, -0.05) is 13.8 Å². The molecule has 20 heavy (non-hydrogen) atoms. The highest BCUT2D eigenvalue weighted by Gasteiger charge is 2.49. The van der Waals surface area contributed by atoms with Crippen molar-refractivity contribution in [2.75, 3.05) is 12.5 Å². The van der Waals surface area contributed by atoms with Gasteiger partial charge >= 0.3 is 0 Å². The summed E-state index contributed by atoms with van der Waals surface area (Å²) >= 11 is 0. The molecule has 1 heterocycles. The number of hydrogen-bond acceptors (Lipinski definition) is 5. The molecule has 1 aliphatic rings. The Morgan fingerprint density at radius 2 is 2.25 bits per heavy atom. The summed E-state index contributed by atoms with van der Waals surface area (Å²) in [7, 11) is 1.70. The summed E-state index contributed by atoms with van der Waals surface area (Å²) in [5, 5.41) is 3.03. The first-order chi connectivity index (χ1) is 9.40. The number of nitrogens with two attached hydrogens (primary N) is 1. The number of nitrogens with zero attached hydrogens (tertiary/aromatic N) is 1. The number of ether oxygens (including phenoxy) is 1. The SMILES string of the molecule is COC1CC(NC(=O)c2cnc(C)cc2NN)C1(C)C. The van der Waals surface area contributed by atoms with E-state index in [1.54, 1.807) is 19.4 Å². The first-order valence-electron chi connectivity index (χ1n) is 6.67. The number of methoxy groups -OCH3 is 1. The standard InChI is InChI=1S/C14H22N4O2/c1-8-5-10(18-15)9(7-16-8)13(19)17-11-6-12(20-4)14(11,2)3/h5,7,11-12H,6,15H2,1-4H3,(H,16,18)(H,17,19). The molecule has 0 bridgehead atoms. The Morgan fingerprint density at radius 1 is 1.55 bits per heavy atom. The zero-order valence-electron chi connectivity index (χ0n) is 12.4. The Kier molecular flexibility index (Phi) is 3.96. The zero-order valence-corrected chi connectivity index (χ0v) is 12.4. The monoisotopic (exact) mass is 278 g/mol. The van der Waals surface area contributed by atoms with Gasteiger partial charge in [-0.25, -0.2) is 0 Å². The van der Waals surface area contributed by atoms with Gasteiger partial charge in [-0.3, -0.25) is 15.6 Å². The fraction of sp³-hybridized carbons (Fsp3) is 0.571. The summed E-state index contributed by atoms with van der Waals surface area (Å²) in [6.07, 6.45) is 2.54. The van der Waals surface area contributed by atoms with Crippen LogP contribution in [0.15, 0.2) is 12.3 Å². The van der Waals surface area contributed by atoms with Crippen LogP contribution in [0.5, 0.6) is 0 Å². The lowest BCUT2D eigenvalue weighted by Crippen LogP contribution is -2.61. The quantitative estimate of drug-likeness (QED) is 0.569. The average Bonchev–Trinajstić information content (AvgIpc) is 2.42. The Balaban J connectivity index is 2.10. The molecule has 0 aliphatic heterocycles. The highest BCUT2D eigenvalue weighted by molar-refractivity contribution is 5.99. The summed E-state index contributed by atoms with van der Waals surface area (Å²) in [4.78, 5) is 16.5. The first kappa shape index (κ1) is 14.7. The van der Waals surface area contributed by atoms with Gasteiger partial charge in [-0.15, -0.1) is 0 Å². The van der Waals surface area contributed by atoms with Gasteiger partial charge < -0.3 is 15.5 Å². The molecule has 1 aromatic heterocycles. The van der Waals surface area contributed by atoms with E-state index in [-0.39, 0.29) is 23.5 Å². The van der Waals surface area contributed by atoms with Crippen LogP contribution in [0.2, 0.25) is 0 Å². The molecular weight excluding hydrogens is 256 g/mol. The maximum absolute atomic E-state index is 12.3. The van der Waals surface area contributed by atoms with Gasteiger partial charge in [-0.2, -0.15) is 0 Å². The third kappa shape index (κ3) is 2.48. The van der Waals surface area contributed by atoms with Crippen molar-refractivity contribution < 1.29 is 9.53 Å². The number of anilines is 1. The van der Waals surface area contributed by atoms with Crippen molar-refractivity contribution in [3.8, 4) is 0 Å². The van der Waals surface area contributed by atoms with Gasteiger partial charge in [0.2, 0.25) is 0 Å². The fourth-order valence-electron chi connectivity index (χ4n) is 2.63. The predicted molar refractivity (Wildman–Crippen MR) is 77.2 cm³/mol. The van der Waals surface area contributed by atoms with E-state index in [4.69, 9.17) is 10.6 Å². The van der Waals surface area contributed by atoms with Crippen LogP contribution in [0.25, 0.3) is 0 Å². The third-order valence-electron chi connectivity index (χ3n) is 4.21. The number of hydrazine groups is 1. The molecule has 1 fully saturated rings. The van der Waals surface area contributed by atoms with Gasteiger partial charge in [0.05, 0.1) is 17.4 Å². The lowest BCUT2D eigenvalue weighted by molar-refractivity contribution is -0.0942. The van der Waals surface area contributed by atoms with Crippen molar-refractivity contribution in [2.45, 2.75) is 39.3 Å². The molecular formula is C14H22N4O2. The van der Waals surface area contributed by atoms with Crippen LogP contribution in [0, 0.1) is 12.3 Å². The minimum absolute atomic E-state index is 0.0706. The van der Waals surface area contributed by atoms with E-state index in [1.807, 2.05) is 6.92 Å². The molecule has 4 N–H and O–H groups in total. The van der Waals surface area contributed by atoms with Crippen molar-refractivity contribution in [1.82, 2.24) is 10.3 Å².